The predicted octanol–water partition coefficient (Wildman–Crippen LogP) is 0.510. The van der Waals surface area contributed by atoms with Crippen molar-refractivity contribution in [2.45, 2.75) is 39.2 Å². The van der Waals surface area contributed by atoms with Gasteiger partial charge in [0.2, 0.25) is 0 Å². The van der Waals surface area contributed by atoms with Crippen molar-refractivity contribution < 1.29 is 10.3 Å². The summed E-state index contributed by atoms with van der Waals surface area (Å²) in [4.78, 5) is 0. The summed E-state index contributed by atoms with van der Waals surface area (Å²) in [6, 6.07) is 0. The summed E-state index contributed by atoms with van der Waals surface area (Å²) in [5.74, 6) is 0.565. The van der Waals surface area contributed by atoms with Crippen LogP contribution in [0.1, 0.15) is 33.1 Å². The highest BCUT2D eigenvalue weighted by molar-refractivity contribution is 5.80. The van der Waals surface area contributed by atoms with Gasteiger partial charge in [0.15, 0.2) is 0 Å². The van der Waals surface area contributed by atoms with Gasteiger partial charge < -0.3 is 21.4 Å². The van der Waals surface area contributed by atoms with E-state index >= 15 is 0 Å². The highest BCUT2D eigenvalue weighted by Crippen LogP contribution is 2.48. The fraction of sp³-hybridized carbons (Fsp3) is 0.909. The molecule has 1 aliphatic rings. The van der Waals surface area contributed by atoms with E-state index in [4.69, 9.17) is 10.9 Å². The van der Waals surface area contributed by atoms with Crippen LogP contribution in [0, 0.1) is 11.3 Å². The van der Waals surface area contributed by atoms with Crippen LogP contribution in [-0.4, -0.2) is 35.3 Å². The molecule has 1 unspecified atom stereocenters. The Balaban J connectivity index is 2.22. The Kier molecular flexibility index (Phi) is 4.56. The van der Waals surface area contributed by atoms with E-state index in [0.717, 1.165) is 19.4 Å². The number of aliphatic hydroxyl groups is 1. The van der Waals surface area contributed by atoms with Gasteiger partial charge in [-0.05, 0) is 24.2 Å². The number of oxime groups is 1. The summed E-state index contributed by atoms with van der Waals surface area (Å²) in [6.45, 7) is 5.42. The second kappa shape index (κ2) is 5.50. The lowest BCUT2D eigenvalue weighted by Gasteiger charge is -2.19. The Morgan fingerprint density at radius 3 is 2.56 bits per heavy atom. The monoisotopic (exact) mass is 229 g/mol. The average Bonchev–Trinajstić information content (AvgIpc) is 2.97. The molecule has 0 aliphatic heterocycles. The van der Waals surface area contributed by atoms with Crippen molar-refractivity contribution in [1.29, 1.82) is 0 Å². The summed E-state index contributed by atoms with van der Waals surface area (Å²) in [6.07, 6.45) is 2.54. The van der Waals surface area contributed by atoms with Crippen LogP contribution in [0.3, 0.4) is 0 Å². The highest BCUT2D eigenvalue weighted by atomic mass is 16.4. The van der Waals surface area contributed by atoms with Gasteiger partial charge in [-0.3, -0.25) is 0 Å². The van der Waals surface area contributed by atoms with Crippen molar-refractivity contribution in [3.05, 3.63) is 0 Å². The number of hydrogen-bond acceptors (Lipinski definition) is 4. The Morgan fingerprint density at radius 2 is 2.12 bits per heavy atom. The number of nitrogens with zero attached hydrogens (tertiary/aromatic N) is 1. The molecule has 1 aliphatic carbocycles. The lowest BCUT2D eigenvalue weighted by Crippen LogP contribution is -2.35. The molecule has 5 nitrogen and oxygen atoms in total. The fourth-order valence-corrected chi connectivity index (χ4v) is 1.73. The molecule has 94 valence electrons. The van der Waals surface area contributed by atoms with E-state index in [1.165, 1.54) is 0 Å². The Labute approximate surface area is 96.7 Å². The summed E-state index contributed by atoms with van der Waals surface area (Å²) in [5, 5.41) is 24.4. The molecule has 16 heavy (non-hydrogen) atoms. The molecule has 0 radical (unpaired) electrons. The molecule has 0 aromatic heterocycles. The molecule has 1 saturated carbocycles. The minimum Gasteiger partial charge on any atom is -0.409 e. The van der Waals surface area contributed by atoms with Crippen molar-refractivity contribution in [1.82, 2.24) is 5.32 Å². The van der Waals surface area contributed by atoms with E-state index in [1.54, 1.807) is 0 Å². The Hall–Kier alpha value is -0.810. The van der Waals surface area contributed by atoms with Gasteiger partial charge in [-0.1, -0.05) is 19.0 Å². The zero-order chi connectivity index (χ0) is 12.2. The van der Waals surface area contributed by atoms with Crippen LogP contribution in [0.5, 0.6) is 0 Å². The molecule has 0 aromatic carbocycles. The lowest BCUT2D eigenvalue weighted by atomic mass is 10.0. The van der Waals surface area contributed by atoms with Crippen LogP contribution in [0.15, 0.2) is 5.16 Å². The van der Waals surface area contributed by atoms with Crippen LogP contribution in [0.4, 0.5) is 0 Å². The minimum atomic E-state index is -0.306. The summed E-state index contributed by atoms with van der Waals surface area (Å²) in [7, 11) is 0. The Bertz CT molecular complexity index is 250. The zero-order valence-corrected chi connectivity index (χ0v) is 10.1. The highest BCUT2D eigenvalue weighted by Gasteiger charge is 2.42. The van der Waals surface area contributed by atoms with E-state index in [0.29, 0.717) is 18.8 Å². The third-order valence-electron chi connectivity index (χ3n) is 3.26. The van der Waals surface area contributed by atoms with Crippen LogP contribution in [-0.2, 0) is 0 Å². The van der Waals surface area contributed by atoms with E-state index in [1.807, 2.05) is 13.8 Å². The maximum atomic E-state index is 9.62. The maximum absolute atomic E-state index is 9.62. The van der Waals surface area contributed by atoms with Crippen molar-refractivity contribution >= 4 is 5.84 Å². The number of aliphatic hydroxyl groups excluding tert-OH is 1. The second-order valence-corrected chi connectivity index (χ2v) is 5.21. The molecule has 0 aromatic rings. The summed E-state index contributed by atoms with van der Waals surface area (Å²) in [5.41, 5.74) is 5.66. The standard InChI is InChI=1S/C11H23N3O2/c1-8(2)9(15)6-13-7-11(3-4-11)5-10(12)14-16/h8-9,13,15-16H,3-7H2,1-2H3,(H2,12,14). The van der Waals surface area contributed by atoms with Gasteiger partial charge in [0.1, 0.15) is 5.84 Å². The normalized spacial score (nSPS) is 21.1. The van der Waals surface area contributed by atoms with E-state index in [9.17, 15) is 5.11 Å². The van der Waals surface area contributed by atoms with E-state index < -0.39 is 0 Å². The maximum Gasteiger partial charge on any atom is 0.139 e. The Morgan fingerprint density at radius 1 is 1.50 bits per heavy atom. The fourth-order valence-electron chi connectivity index (χ4n) is 1.73. The quantitative estimate of drug-likeness (QED) is 0.221. The first-order valence-corrected chi connectivity index (χ1v) is 5.84. The van der Waals surface area contributed by atoms with Gasteiger partial charge in [-0.2, -0.15) is 0 Å². The van der Waals surface area contributed by atoms with Gasteiger partial charge in [-0.15, -0.1) is 0 Å². The van der Waals surface area contributed by atoms with Crippen LogP contribution >= 0.6 is 0 Å². The molecule has 0 heterocycles. The van der Waals surface area contributed by atoms with Gasteiger partial charge in [0.25, 0.3) is 0 Å². The number of rotatable bonds is 7. The first-order valence-electron chi connectivity index (χ1n) is 5.84. The van der Waals surface area contributed by atoms with E-state index in [-0.39, 0.29) is 17.4 Å². The second-order valence-electron chi connectivity index (χ2n) is 5.21. The number of hydrogen-bond donors (Lipinski definition) is 4. The summed E-state index contributed by atoms with van der Waals surface area (Å²) < 4.78 is 0. The molecule has 0 spiro atoms. The number of nitrogens with one attached hydrogen (secondary N) is 1. The number of nitrogens with two attached hydrogens (primary N) is 1. The average molecular weight is 229 g/mol. The molecular weight excluding hydrogens is 206 g/mol. The van der Waals surface area contributed by atoms with Crippen LogP contribution in [0.25, 0.3) is 0 Å². The summed E-state index contributed by atoms with van der Waals surface area (Å²) >= 11 is 0. The smallest absolute Gasteiger partial charge is 0.139 e. The number of amidine groups is 1. The molecular formula is C11H23N3O2. The zero-order valence-electron chi connectivity index (χ0n) is 10.1. The minimum absolute atomic E-state index is 0.160. The molecule has 0 saturated heterocycles. The van der Waals surface area contributed by atoms with Crippen molar-refractivity contribution in [2.75, 3.05) is 13.1 Å². The first kappa shape index (κ1) is 13.3. The predicted molar refractivity (Wildman–Crippen MR) is 63.4 cm³/mol. The van der Waals surface area contributed by atoms with Crippen LogP contribution in [0.2, 0.25) is 0 Å². The largest absolute Gasteiger partial charge is 0.409 e. The van der Waals surface area contributed by atoms with Crippen molar-refractivity contribution in [3.8, 4) is 0 Å². The van der Waals surface area contributed by atoms with Gasteiger partial charge in [0.05, 0.1) is 6.10 Å². The van der Waals surface area contributed by atoms with Gasteiger partial charge >= 0.3 is 0 Å². The van der Waals surface area contributed by atoms with E-state index in [2.05, 4.69) is 10.5 Å². The molecule has 1 atom stereocenters. The van der Waals surface area contributed by atoms with Crippen LogP contribution < -0.4 is 11.1 Å². The molecule has 0 amide bonds. The topological polar surface area (TPSA) is 90.9 Å². The molecule has 0 bridgehead atoms. The molecule has 1 fully saturated rings. The lowest BCUT2D eigenvalue weighted by molar-refractivity contribution is 0.122. The molecule has 5 N–H and O–H groups in total. The third kappa shape index (κ3) is 3.98. The molecule has 1 rings (SSSR count). The first-order chi connectivity index (χ1) is 7.49. The van der Waals surface area contributed by atoms with Gasteiger partial charge in [0, 0.05) is 19.5 Å². The van der Waals surface area contributed by atoms with Crippen molar-refractivity contribution in [3.63, 3.8) is 0 Å². The molecule has 5 heteroatoms. The van der Waals surface area contributed by atoms with Gasteiger partial charge in [-0.25, -0.2) is 0 Å². The van der Waals surface area contributed by atoms with Crippen molar-refractivity contribution in [2.24, 2.45) is 22.2 Å². The SMILES string of the molecule is CC(C)C(O)CNCC1(CC(N)=NO)CC1. The third-order valence-corrected chi connectivity index (χ3v) is 3.26.